The third-order valence-electron chi connectivity index (χ3n) is 4.80. The molecule has 0 spiro atoms. The minimum absolute atomic E-state index is 0.355. The van der Waals surface area contributed by atoms with E-state index in [9.17, 15) is 0 Å². The minimum Gasteiger partial charge on any atom is -0.396 e. The Morgan fingerprint density at radius 3 is 2.32 bits per heavy atom. The Morgan fingerprint density at radius 2 is 1.85 bits per heavy atom. The van der Waals surface area contributed by atoms with Gasteiger partial charge in [-0.1, -0.05) is 70.5 Å². The molecule has 0 saturated carbocycles. The smallest absolute Gasteiger partial charge is 0.0705 e. The summed E-state index contributed by atoms with van der Waals surface area (Å²) in [7, 11) is 5.82. The van der Waals surface area contributed by atoms with Gasteiger partial charge in [0.05, 0.1) is 11.4 Å². The second-order valence-electron chi connectivity index (χ2n) is 7.70. The topological polar surface area (TPSA) is 48.7 Å². The van der Waals surface area contributed by atoms with Gasteiger partial charge in [0.1, 0.15) is 0 Å². The number of allylic oxidation sites excluding steroid dienone is 4. The zero-order valence-electron chi connectivity index (χ0n) is 22.6. The number of aliphatic imine (C=N–C) groups is 1. The van der Waals surface area contributed by atoms with Crippen LogP contribution in [0, 0.1) is 6.92 Å². The fourth-order valence-corrected chi connectivity index (χ4v) is 3.18. The molecule has 1 heterocycles. The third kappa shape index (κ3) is 10.8. The summed E-state index contributed by atoms with van der Waals surface area (Å²) in [6, 6.07) is 12.5. The van der Waals surface area contributed by atoms with E-state index in [2.05, 4.69) is 61.1 Å². The zero-order valence-corrected chi connectivity index (χ0v) is 22.6. The summed E-state index contributed by atoms with van der Waals surface area (Å²) in [4.78, 5) is 11.2. The van der Waals surface area contributed by atoms with Crippen LogP contribution in [-0.2, 0) is 0 Å². The van der Waals surface area contributed by atoms with Gasteiger partial charge in [0, 0.05) is 50.8 Å². The van der Waals surface area contributed by atoms with Gasteiger partial charge < -0.3 is 10.0 Å². The summed E-state index contributed by atoms with van der Waals surface area (Å²) in [5.74, 6) is 0. The number of aliphatic hydroxyl groups excluding tert-OH is 1. The second-order valence-corrected chi connectivity index (χ2v) is 7.70. The summed E-state index contributed by atoms with van der Waals surface area (Å²) < 4.78 is 0. The molecule has 0 aliphatic rings. The number of hydrogen-bond donors (Lipinski definition) is 1. The number of nitrogens with zero attached hydrogens (tertiary/aromatic N) is 3. The average Bonchev–Trinajstić information content (AvgIpc) is 2.86. The summed E-state index contributed by atoms with van der Waals surface area (Å²) in [5, 5.41) is 8.20. The third-order valence-corrected chi connectivity index (χ3v) is 4.80. The molecule has 0 unspecified atom stereocenters. The number of aromatic nitrogens is 1. The minimum atomic E-state index is 0.355. The Morgan fingerprint density at radius 1 is 1.15 bits per heavy atom. The number of rotatable bonds is 9. The second kappa shape index (κ2) is 18.4. The Bertz CT molecular complexity index is 936. The van der Waals surface area contributed by atoms with Crippen LogP contribution in [0.3, 0.4) is 0 Å². The molecule has 4 nitrogen and oxygen atoms in total. The van der Waals surface area contributed by atoms with Crippen LogP contribution in [0.1, 0.15) is 63.8 Å². The van der Waals surface area contributed by atoms with Crippen LogP contribution in [-0.4, -0.2) is 48.5 Å². The molecule has 2 rings (SSSR count). The van der Waals surface area contributed by atoms with Crippen molar-refractivity contribution < 1.29 is 5.11 Å². The first-order chi connectivity index (χ1) is 16.4. The molecule has 0 saturated heterocycles. The van der Waals surface area contributed by atoms with Crippen molar-refractivity contribution in [3.63, 3.8) is 0 Å². The molecule has 0 bridgehead atoms. The van der Waals surface area contributed by atoms with Crippen LogP contribution in [0.4, 0.5) is 0 Å². The first-order valence-corrected chi connectivity index (χ1v) is 12.2. The molecule has 186 valence electrons. The van der Waals surface area contributed by atoms with Crippen molar-refractivity contribution in [2.45, 2.75) is 53.9 Å². The van der Waals surface area contributed by atoms with Gasteiger partial charge in [-0.05, 0) is 55.7 Å². The number of aryl methyl sites for hydroxylation is 1. The lowest BCUT2D eigenvalue weighted by atomic mass is 10.0. The molecule has 4 heteroatoms. The van der Waals surface area contributed by atoms with Gasteiger partial charge >= 0.3 is 0 Å². The molecule has 1 aromatic heterocycles. The first kappa shape index (κ1) is 31.0. The van der Waals surface area contributed by atoms with E-state index in [1.807, 2.05) is 64.9 Å². The Kier molecular flexibility index (Phi) is 16.8. The van der Waals surface area contributed by atoms with Crippen LogP contribution in [0.2, 0.25) is 0 Å². The summed E-state index contributed by atoms with van der Waals surface area (Å²) in [6.45, 7) is 14.4. The van der Waals surface area contributed by atoms with Crippen LogP contribution in [0.25, 0.3) is 16.8 Å². The predicted octanol–water partition coefficient (Wildman–Crippen LogP) is 7.34. The van der Waals surface area contributed by atoms with Gasteiger partial charge in [0.25, 0.3) is 0 Å². The van der Waals surface area contributed by atoms with Crippen LogP contribution < -0.4 is 0 Å². The highest BCUT2D eigenvalue weighted by atomic mass is 16.2. The summed E-state index contributed by atoms with van der Waals surface area (Å²) in [6.07, 6.45) is 11.3. The van der Waals surface area contributed by atoms with Gasteiger partial charge in [-0.2, -0.15) is 0 Å². The van der Waals surface area contributed by atoms with Gasteiger partial charge in [0.2, 0.25) is 0 Å². The molecule has 2 aromatic rings. The average molecular weight is 464 g/mol. The fraction of sp³-hybridized carbons (Fsp3) is 0.400. The molecule has 0 aliphatic heterocycles. The van der Waals surface area contributed by atoms with E-state index in [1.165, 1.54) is 6.42 Å². The van der Waals surface area contributed by atoms with Gasteiger partial charge in [-0.3, -0.25) is 9.98 Å². The van der Waals surface area contributed by atoms with Gasteiger partial charge in [0.15, 0.2) is 0 Å². The van der Waals surface area contributed by atoms with E-state index < -0.39 is 0 Å². The highest BCUT2D eigenvalue weighted by molar-refractivity contribution is 6.09. The van der Waals surface area contributed by atoms with Crippen molar-refractivity contribution >= 4 is 11.3 Å². The maximum Gasteiger partial charge on any atom is 0.0705 e. The van der Waals surface area contributed by atoms with Gasteiger partial charge in [-0.15, -0.1) is 0 Å². The normalized spacial score (nSPS) is 11.3. The standard InChI is InChI=1S/C23H27N3.C5H12O.C2H6/c1-7-10-23(24-4)21-13-14-22(25-17(21)3)20-12-9-11-19(15-20)18(8-2)16-26(5)6;1-2-3-4-5-6;1-2/h7-16H,2H2,1,3-6H3;6H,2-5H2,1H3;1-2H3/b10-7-,18-16+,24-23?;;. The lowest BCUT2D eigenvalue weighted by molar-refractivity contribution is 0.284. The molecular formula is C30H45N3O. The molecule has 0 radical (unpaired) electrons. The quantitative estimate of drug-likeness (QED) is 0.240. The van der Waals surface area contributed by atoms with Crippen LogP contribution in [0.15, 0.2) is 72.4 Å². The van der Waals surface area contributed by atoms with Crippen molar-refractivity contribution in [2.75, 3.05) is 27.7 Å². The lowest BCUT2D eigenvalue weighted by Gasteiger charge is -2.11. The van der Waals surface area contributed by atoms with Crippen molar-refractivity contribution in [1.29, 1.82) is 0 Å². The van der Waals surface area contributed by atoms with Crippen molar-refractivity contribution in [3.05, 3.63) is 84.2 Å². The van der Waals surface area contributed by atoms with E-state index in [1.54, 1.807) is 7.05 Å². The summed E-state index contributed by atoms with van der Waals surface area (Å²) >= 11 is 0. The number of aliphatic hydroxyl groups is 1. The lowest BCUT2D eigenvalue weighted by Crippen LogP contribution is -2.03. The van der Waals surface area contributed by atoms with E-state index in [4.69, 9.17) is 10.1 Å². The molecule has 1 aromatic carbocycles. The monoisotopic (exact) mass is 463 g/mol. The van der Waals surface area contributed by atoms with E-state index in [0.717, 1.165) is 52.2 Å². The van der Waals surface area contributed by atoms with Crippen LogP contribution in [0.5, 0.6) is 0 Å². The zero-order chi connectivity index (χ0) is 25.9. The molecule has 34 heavy (non-hydrogen) atoms. The number of hydrogen-bond acceptors (Lipinski definition) is 4. The molecule has 1 N–H and O–H groups in total. The fourth-order valence-electron chi connectivity index (χ4n) is 3.18. The molecule has 0 amide bonds. The maximum absolute atomic E-state index is 8.20. The largest absolute Gasteiger partial charge is 0.396 e. The van der Waals surface area contributed by atoms with E-state index in [0.29, 0.717) is 6.61 Å². The number of benzene rings is 1. The number of pyridine rings is 1. The van der Waals surface area contributed by atoms with E-state index >= 15 is 0 Å². The first-order valence-electron chi connectivity index (χ1n) is 12.2. The Balaban J connectivity index is 0.00000118. The van der Waals surface area contributed by atoms with Crippen molar-refractivity contribution in [3.8, 4) is 11.3 Å². The Labute approximate surface area is 208 Å². The summed E-state index contributed by atoms with van der Waals surface area (Å²) in [5.41, 5.74) is 7.23. The predicted molar refractivity (Wildman–Crippen MR) is 152 cm³/mol. The van der Waals surface area contributed by atoms with E-state index in [-0.39, 0.29) is 0 Å². The SMILES string of the molecule is C=C/C(=C\N(C)C)c1cccc(-c2ccc(C(/C=C\C)=NC)c(C)n2)c1.CC.CCCCCO. The number of unbranched alkanes of at least 4 members (excludes halogenated alkanes) is 2. The molecule has 0 atom stereocenters. The van der Waals surface area contributed by atoms with Crippen LogP contribution >= 0.6 is 0 Å². The molecule has 0 fully saturated rings. The molecule has 0 aliphatic carbocycles. The highest BCUT2D eigenvalue weighted by Gasteiger charge is 2.08. The maximum atomic E-state index is 8.20. The van der Waals surface area contributed by atoms with Crippen molar-refractivity contribution in [1.82, 2.24) is 9.88 Å². The van der Waals surface area contributed by atoms with Crippen molar-refractivity contribution in [2.24, 2.45) is 4.99 Å². The highest BCUT2D eigenvalue weighted by Crippen LogP contribution is 2.24. The van der Waals surface area contributed by atoms with Gasteiger partial charge in [-0.25, -0.2) is 0 Å². The Hall–Kier alpha value is -2.98. The molecular weight excluding hydrogens is 418 g/mol.